The Bertz CT molecular complexity index is 6610. The zero-order chi connectivity index (χ0) is 89.5. The summed E-state index contributed by atoms with van der Waals surface area (Å²) in [6, 6.07) is 10.8. The summed E-state index contributed by atoms with van der Waals surface area (Å²) in [6.45, 7) is 15.3. The number of carbonyl (C=O) groups excluding carboxylic acids is 4. The zero-order valence-electron chi connectivity index (χ0n) is 70.5. The molecule has 0 saturated heterocycles. The lowest BCUT2D eigenvalue weighted by Gasteiger charge is -2.18. The molecule has 0 bridgehead atoms. The predicted octanol–water partition coefficient (Wildman–Crippen LogP) is 12.5. The standard InChI is InChI=1S/C30H34ClFN8O3S.C26H26ClFN8O2.C26H23ClFN7O3.C4H11NOS/c1-30(2,3)44(42)34-9-11-43-17-21-12-20(19-4-5-19)13-39-14-22(35-29(21)39)15-40-16-25(36-37-40)26(41)7-6-24-28-27(32)23(31)8-10-38(28)18-33-24;27-20-5-7-34-15-30-21(25(34)24(20)28)3-4-23(37)22-13-36(33-32-22)12-19-11-35-10-17(16-1-2-16)9-18(26(35)31-19)14-38-8-6-29;27-20-5-6-33-15-29-21(25(33)24(20)28)3-4-23(37)22-13-35(32-31-22)12-19-11-34-10-17(16-1-2-16)9-18(26(34)30-19)14-38-8-7-36;1-4(2,3)7(5)6/h8,10,12-14,16,18-19,34H,4-7,9,11,15,17H2,1-3H3;5,7,9-11,13,15-16H,1-4,6,8,12,14,29H2;5-7,9-11,13,15-16H,1-4,8,12,14H2;5H2,1-3H3. The summed E-state index contributed by atoms with van der Waals surface area (Å²) in [5, 5.41) is 29.6. The summed E-state index contributed by atoms with van der Waals surface area (Å²) in [5.41, 5.74) is 19.8. The second kappa shape index (κ2) is 39.7. The second-order valence-corrected chi connectivity index (χ2v) is 38.4. The average molecular weight is 1840 g/mol. The number of imidazole rings is 6. The highest BCUT2D eigenvalue weighted by Gasteiger charge is 2.30. The molecule has 15 aromatic heterocycles. The third kappa shape index (κ3) is 22.4. The normalized spacial score (nSPS) is 14.1. The molecule has 41 heteroatoms. The van der Waals surface area contributed by atoms with E-state index in [2.05, 4.69) is 87.4 Å². The van der Waals surface area contributed by atoms with Crippen LogP contribution in [0.3, 0.4) is 0 Å². The third-order valence-corrected chi connectivity index (χ3v) is 25.0. The number of aromatic nitrogens is 21. The fourth-order valence-corrected chi connectivity index (χ4v) is 15.3. The van der Waals surface area contributed by atoms with Crippen molar-refractivity contribution in [3.8, 4) is 0 Å². The first kappa shape index (κ1) is 90.7. The van der Waals surface area contributed by atoms with Gasteiger partial charge in [0, 0.05) is 105 Å². The fraction of sp³-hybridized carbons (Fsp3) is 0.395. The topological polar surface area (TPSA) is 390 Å². The molecule has 2 unspecified atom stereocenters. The van der Waals surface area contributed by atoms with Crippen molar-refractivity contribution in [2.45, 2.75) is 185 Å². The molecule has 0 radical (unpaired) electrons. The number of hydrogen-bond donors (Lipinski definition) is 3. The maximum absolute atomic E-state index is 14.5. The average Bonchev–Trinajstić information content (AvgIpc) is 1.60. The molecule has 127 heavy (non-hydrogen) atoms. The zero-order valence-corrected chi connectivity index (χ0v) is 74.4. The van der Waals surface area contributed by atoms with E-state index in [0.717, 1.165) is 69.8 Å². The molecule has 2 atom stereocenters. The first-order chi connectivity index (χ1) is 61.0. The number of nitrogens with two attached hydrogens (primary N) is 2. The van der Waals surface area contributed by atoms with Crippen LogP contribution in [0.5, 0.6) is 0 Å². The molecule has 3 aliphatic carbocycles. The van der Waals surface area contributed by atoms with Gasteiger partial charge in [-0.3, -0.25) is 19.5 Å². The highest BCUT2D eigenvalue weighted by atomic mass is 35.5. The summed E-state index contributed by atoms with van der Waals surface area (Å²) >= 11 is 17.7. The Labute approximate surface area is 746 Å². The van der Waals surface area contributed by atoms with Gasteiger partial charge in [-0.05, 0) is 170 Å². The van der Waals surface area contributed by atoms with E-state index >= 15 is 0 Å². The van der Waals surface area contributed by atoms with Crippen LogP contribution in [-0.2, 0) is 99.7 Å². The van der Waals surface area contributed by atoms with Gasteiger partial charge in [0.05, 0.1) is 171 Å². The number of ether oxygens (including phenoxy) is 3. The first-order valence-corrected chi connectivity index (χ1v) is 44.9. The van der Waals surface area contributed by atoms with Crippen molar-refractivity contribution in [2.24, 2.45) is 10.9 Å². The number of ketones is 3. The first-order valence-electron chi connectivity index (χ1n) is 41.4. The number of pyridine rings is 6. The van der Waals surface area contributed by atoms with Crippen LogP contribution in [0, 0.1) is 17.5 Å². The van der Waals surface area contributed by atoms with E-state index in [1.807, 2.05) is 73.3 Å². The number of nitrogens with zero attached hydrogens (tertiary/aromatic N) is 21. The van der Waals surface area contributed by atoms with Gasteiger partial charge < -0.3 is 51.1 Å². The van der Waals surface area contributed by atoms with Gasteiger partial charge >= 0.3 is 0 Å². The van der Waals surface area contributed by atoms with Crippen LogP contribution in [0.2, 0.25) is 15.1 Å². The number of rotatable bonds is 35. The van der Waals surface area contributed by atoms with E-state index < -0.39 is 39.4 Å². The molecule has 0 spiro atoms. The second-order valence-electron chi connectivity index (χ2n) is 33.3. The summed E-state index contributed by atoms with van der Waals surface area (Å²) in [5.74, 6) is -0.620. The van der Waals surface area contributed by atoms with Crippen molar-refractivity contribution in [3.63, 3.8) is 0 Å². The highest BCUT2D eigenvalue weighted by molar-refractivity contribution is 7.84. The van der Waals surface area contributed by atoms with Gasteiger partial charge in [-0.2, -0.15) is 0 Å². The lowest BCUT2D eigenvalue weighted by Crippen LogP contribution is -2.35. The maximum Gasteiger partial charge on any atom is 0.185 e. The number of halogens is 6. The molecule has 3 aliphatic rings. The number of carbonyl (C=O) groups is 4. The number of aldehydes is 1. The smallest absolute Gasteiger partial charge is 0.185 e. The van der Waals surface area contributed by atoms with Gasteiger partial charge in [0.1, 0.15) is 63.5 Å². The molecule has 0 aromatic carbocycles. The van der Waals surface area contributed by atoms with Crippen LogP contribution in [0.1, 0.15) is 216 Å². The Morgan fingerprint density at radius 3 is 1.13 bits per heavy atom. The Hall–Kier alpha value is -11.0. The Morgan fingerprint density at radius 1 is 0.496 bits per heavy atom. The van der Waals surface area contributed by atoms with Gasteiger partial charge in [0.2, 0.25) is 0 Å². The van der Waals surface area contributed by atoms with Crippen molar-refractivity contribution >= 4 is 114 Å². The van der Waals surface area contributed by atoms with Crippen molar-refractivity contribution in [3.05, 3.63) is 247 Å². The minimum atomic E-state index is -1.18. The quantitative estimate of drug-likeness (QED) is 0.0189. The Balaban J connectivity index is 0.000000142. The fourth-order valence-electron chi connectivity index (χ4n) is 14.2. The molecular formula is C86H94Cl3F3N24O9S2. The lowest BCUT2D eigenvalue weighted by atomic mass is 10.1. The predicted molar refractivity (Wildman–Crippen MR) is 469 cm³/mol. The number of hydrogen-bond acceptors (Lipinski definition) is 22. The highest BCUT2D eigenvalue weighted by Crippen LogP contribution is 2.43. The molecule has 0 amide bonds. The maximum atomic E-state index is 14.5. The molecule has 15 heterocycles. The van der Waals surface area contributed by atoms with Crippen LogP contribution in [0.15, 0.2) is 130 Å². The number of fused-ring (bicyclic) bond motifs is 6. The SMILES string of the molecule is CC(C)(C)S(=O)NCCOCc1cc(C2CC2)cn2cc(Cn3cc(C(=O)CCc4ncn5ccc(Cl)c(F)c45)nn3)nc12.CC(C)(C)S(N)=O.NCCOCc1cc(C2CC2)cn2cc(Cn3cc(C(=O)CCc4ncn5ccc(Cl)c(F)c45)nn3)nc12.O=CCOCc1cc(C2CC2)cn2cc(Cn3cc(C(=O)CCc4ncn5ccc(Cl)c(F)c45)nn3)nc12. The van der Waals surface area contributed by atoms with E-state index in [1.165, 1.54) is 79.6 Å². The minimum absolute atomic E-state index is 0.00448. The van der Waals surface area contributed by atoms with Crippen LogP contribution < -0.4 is 15.6 Å². The summed E-state index contributed by atoms with van der Waals surface area (Å²) in [6.07, 6.45) is 35.2. The Kier molecular flexibility index (Phi) is 28.4. The van der Waals surface area contributed by atoms with Crippen LogP contribution in [0.25, 0.3) is 33.5 Å². The molecule has 0 aliphatic heterocycles. The van der Waals surface area contributed by atoms with Crippen LogP contribution in [-0.4, -0.2) is 176 Å². The van der Waals surface area contributed by atoms with Gasteiger partial charge in [0.15, 0.2) is 34.8 Å². The molecule has 33 nitrogen and oxygen atoms in total. The molecule has 3 saturated carbocycles. The summed E-state index contributed by atoms with van der Waals surface area (Å²) < 4.78 is 101. The molecule has 15 aromatic rings. The monoisotopic (exact) mass is 1830 g/mol. The lowest BCUT2D eigenvalue weighted by molar-refractivity contribution is -0.112. The van der Waals surface area contributed by atoms with Gasteiger partial charge in [-0.15, -0.1) is 15.3 Å². The van der Waals surface area contributed by atoms with Gasteiger partial charge in [-0.1, -0.05) is 50.4 Å². The van der Waals surface area contributed by atoms with Gasteiger partial charge in [0.25, 0.3) is 0 Å². The minimum Gasteiger partial charge on any atom is -0.375 e. The number of nitrogens with one attached hydrogen (secondary N) is 1. The van der Waals surface area contributed by atoms with Gasteiger partial charge in [-0.25, -0.2) is 70.3 Å². The number of Topliss-reactive ketones (excluding diaryl/α,β-unsaturated/α-hetero) is 3. The molecule has 666 valence electrons. The molecular weight excluding hydrogens is 1740 g/mol. The molecule has 3 fully saturated rings. The van der Waals surface area contributed by atoms with Crippen molar-refractivity contribution in [1.29, 1.82) is 0 Å². The summed E-state index contributed by atoms with van der Waals surface area (Å²) in [4.78, 5) is 76.3. The van der Waals surface area contributed by atoms with Crippen molar-refractivity contribution in [2.75, 3.05) is 32.9 Å². The largest absolute Gasteiger partial charge is 0.375 e. The van der Waals surface area contributed by atoms with E-state index in [1.54, 1.807) is 64.4 Å². The van der Waals surface area contributed by atoms with E-state index in [-0.39, 0.29) is 121 Å². The van der Waals surface area contributed by atoms with E-state index in [9.17, 15) is 40.8 Å². The van der Waals surface area contributed by atoms with Crippen LogP contribution >= 0.6 is 34.8 Å². The molecule has 18 rings (SSSR count). The number of aryl methyl sites for hydroxylation is 3. The van der Waals surface area contributed by atoms with E-state index in [4.69, 9.17) is 74.8 Å². The summed E-state index contributed by atoms with van der Waals surface area (Å²) in [7, 11) is -2.33. The van der Waals surface area contributed by atoms with Crippen molar-refractivity contribution < 1.29 is 55.0 Å². The third-order valence-electron chi connectivity index (χ3n) is 21.3. The van der Waals surface area contributed by atoms with Crippen LogP contribution in [0.4, 0.5) is 13.2 Å². The van der Waals surface area contributed by atoms with Crippen molar-refractivity contribution in [1.82, 2.24) is 106 Å². The molecule has 5 N–H and O–H groups in total. The Morgan fingerprint density at radius 2 is 0.827 bits per heavy atom. The van der Waals surface area contributed by atoms with E-state index in [0.29, 0.717) is 101 Å².